The molecule has 18 heavy (non-hydrogen) atoms. The van der Waals surface area contributed by atoms with Crippen LogP contribution in [0.15, 0.2) is 12.4 Å². The molecule has 5 nitrogen and oxygen atoms in total. The van der Waals surface area contributed by atoms with Crippen molar-refractivity contribution >= 4 is 23.2 Å². The van der Waals surface area contributed by atoms with Crippen LogP contribution < -0.4 is 4.90 Å². The summed E-state index contributed by atoms with van der Waals surface area (Å²) >= 11 is 6.05. The van der Waals surface area contributed by atoms with Crippen LogP contribution in [-0.4, -0.2) is 32.2 Å². The Balaban J connectivity index is 2.52. The van der Waals surface area contributed by atoms with Crippen LogP contribution in [-0.2, 0) is 0 Å². The van der Waals surface area contributed by atoms with Gasteiger partial charge in [-0.25, -0.2) is 0 Å². The van der Waals surface area contributed by atoms with Gasteiger partial charge < -0.3 is 4.90 Å². The van der Waals surface area contributed by atoms with Gasteiger partial charge in [0.1, 0.15) is 17.3 Å². The average Bonchev–Trinajstić information content (AvgIpc) is 2.71. The minimum Gasteiger partial charge on any atom is -0.354 e. The lowest BCUT2D eigenvalue weighted by Gasteiger charge is -2.30. The number of fused-ring (bicyclic) bond motifs is 1. The summed E-state index contributed by atoms with van der Waals surface area (Å²) in [6.45, 7) is 9.62. The third-order valence-corrected chi connectivity index (χ3v) is 2.87. The van der Waals surface area contributed by atoms with Gasteiger partial charge in [-0.1, -0.05) is 25.4 Å². The smallest absolute Gasteiger partial charge is 0.255 e. The number of nitrogens with zero attached hydrogens (tertiary/aromatic N) is 5. The number of rotatable bonds is 4. The van der Waals surface area contributed by atoms with Gasteiger partial charge in [0, 0.05) is 18.7 Å². The molecule has 0 spiro atoms. The van der Waals surface area contributed by atoms with Crippen molar-refractivity contribution in [3.8, 4) is 0 Å². The Labute approximate surface area is 112 Å². The van der Waals surface area contributed by atoms with Crippen molar-refractivity contribution in [2.24, 2.45) is 5.92 Å². The number of hydrogen-bond acceptors (Lipinski definition) is 4. The molecule has 2 rings (SSSR count). The Morgan fingerprint density at radius 1 is 1.33 bits per heavy atom. The van der Waals surface area contributed by atoms with E-state index in [1.54, 1.807) is 4.52 Å². The van der Waals surface area contributed by atoms with Gasteiger partial charge in [0.15, 0.2) is 0 Å². The molecule has 0 aliphatic rings. The van der Waals surface area contributed by atoms with Crippen LogP contribution in [0.3, 0.4) is 0 Å². The summed E-state index contributed by atoms with van der Waals surface area (Å²) in [6.07, 6.45) is 1.50. The van der Waals surface area contributed by atoms with Gasteiger partial charge in [0.05, 0.1) is 0 Å². The van der Waals surface area contributed by atoms with Crippen LogP contribution in [0.25, 0.3) is 5.78 Å². The predicted octanol–water partition coefficient (Wildman–Crippen LogP) is 2.65. The molecule has 2 aromatic heterocycles. The molecule has 0 atom stereocenters. The van der Waals surface area contributed by atoms with Gasteiger partial charge in [0.2, 0.25) is 0 Å². The first-order valence-corrected chi connectivity index (χ1v) is 6.49. The van der Waals surface area contributed by atoms with E-state index in [1.165, 1.54) is 6.33 Å². The minimum atomic E-state index is 0.360. The van der Waals surface area contributed by atoms with Gasteiger partial charge in [0.25, 0.3) is 5.78 Å². The van der Waals surface area contributed by atoms with Gasteiger partial charge in [-0.2, -0.15) is 19.6 Å². The van der Waals surface area contributed by atoms with Crippen LogP contribution in [0.1, 0.15) is 27.7 Å². The van der Waals surface area contributed by atoms with Gasteiger partial charge in [-0.3, -0.25) is 0 Å². The van der Waals surface area contributed by atoms with Crippen molar-refractivity contribution in [2.75, 3.05) is 11.4 Å². The first kappa shape index (κ1) is 13.1. The molecule has 0 saturated heterocycles. The van der Waals surface area contributed by atoms with Crippen molar-refractivity contribution in [2.45, 2.75) is 33.7 Å². The topological polar surface area (TPSA) is 46.3 Å². The van der Waals surface area contributed by atoms with E-state index < -0.39 is 0 Å². The van der Waals surface area contributed by atoms with Crippen molar-refractivity contribution in [3.63, 3.8) is 0 Å². The third kappa shape index (κ3) is 2.56. The predicted molar refractivity (Wildman–Crippen MR) is 73.1 cm³/mol. The van der Waals surface area contributed by atoms with Crippen LogP contribution in [0.5, 0.6) is 0 Å². The van der Waals surface area contributed by atoms with Crippen molar-refractivity contribution in [3.05, 3.63) is 17.5 Å². The monoisotopic (exact) mass is 267 g/mol. The average molecular weight is 268 g/mol. The van der Waals surface area contributed by atoms with Gasteiger partial charge in [-0.05, 0) is 19.8 Å². The fraction of sp³-hybridized carbons (Fsp3) is 0.583. The molecular weight excluding hydrogens is 250 g/mol. The summed E-state index contributed by atoms with van der Waals surface area (Å²) in [5, 5.41) is 4.66. The summed E-state index contributed by atoms with van der Waals surface area (Å²) in [4.78, 5) is 10.5. The van der Waals surface area contributed by atoms with Crippen LogP contribution in [0.4, 0.5) is 5.82 Å². The lowest BCUT2D eigenvalue weighted by Crippen LogP contribution is -2.35. The lowest BCUT2D eigenvalue weighted by atomic mass is 10.2. The number of halogens is 1. The van der Waals surface area contributed by atoms with Crippen LogP contribution >= 0.6 is 11.6 Å². The fourth-order valence-electron chi connectivity index (χ4n) is 1.94. The molecule has 0 radical (unpaired) electrons. The Morgan fingerprint density at radius 2 is 2.06 bits per heavy atom. The first-order chi connectivity index (χ1) is 8.49. The molecule has 0 aliphatic carbocycles. The normalized spacial score (nSPS) is 11.7. The van der Waals surface area contributed by atoms with E-state index in [0.717, 1.165) is 12.4 Å². The molecule has 0 aliphatic heterocycles. The molecular formula is C12H18ClN5. The van der Waals surface area contributed by atoms with Gasteiger partial charge in [-0.15, -0.1) is 0 Å². The van der Waals surface area contributed by atoms with Crippen molar-refractivity contribution in [1.29, 1.82) is 0 Å². The Bertz CT molecular complexity index is 534. The second-order valence-electron chi connectivity index (χ2n) is 5.05. The highest BCUT2D eigenvalue weighted by Gasteiger charge is 2.17. The van der Waals surface area contributed by atoms with E-state index in [9.17, 15) is 0 Å². The van der Waals surface area contributed by atoms with Crippen molar-refractivity contribution < 1.29 is 0 Å². The molecule has 98 valence electrons. The molecule has 2 heterocycles. The summed E-state index contributed by atoms with van der Waals surface area (Å²) in [5.41, 5.74) is 0. The number of hydrogen-bond donors (Lipinski definition) is 0. The Morgan fingerprint density at radius 3 is 2.67 bits per heavy atom. The van der Waals surface area contributed by atoms with E-state index >= 15 is 0 Å². The number of anilines is 1. The molecule has 0 N–H and O–H groups in total. The quantitative estimate of drug-likeness (QED) is 0.799. The summed E-state index contributed by atoms with van der Waals surface area (Å²) < 4.78 is 1.73. The highest BCUT2D eigenvalue weighted by atomic mass is 35.5. The molecule has 6 heteroatoms. The molecule has 2 aromatic rings. The zero-order valence-electron chi connectivity index (χ0n) is 11.1. The molecule has 0 fully saturated rings. The highest BCUT2D eigenvalue weighted by Crippen LogP contribution is 2.21. The molecule has 0 amide bonds. The summed E-state index contributed by atoms with van der Waals surface area (Å²) in [7, 11) is 0. The summed E-state index contributed by atoms with van der Waals surface area (Å²) in [5.74, 6) is 2.02. The highest BCUT2D eigenvalue weighted by molar-refractivity contribution is 6.29. The molecule has 0 bridgehead atoms. The lowest BCUT2D eigenvalue weighted by molar-refractivity contribution is 0.560. The Kier molecular flexibility index (Phi) is 3.71. The van der Waals surface area contributed by atoms with E-state index in [0.29, 0.717) is 22.9 Å². The van der Waals surface area contributed by atoms with Crippen LogP contribution in [0, 0.1) is 5.92 Å². The largest absolute Gasteiger partial charge is 0.354 e. The van der Waals surface area contributed by atoms with Crippen LogP contribution in [0.2, 0.25) is 5.15 Å². The second kappa shape index (κ2) is 5.10. The molecule has 0 aromatic carbocycles. The minimum absolute atomic E-state index is 0.360. The zero-order valence-corrected chi connectivity index (χ0v) is 11.9. The maximum absolute atomic E-state index is 6.05. The summed E-state index contributed by atoms with van der Waals surface area (Å²) in [6, 6.07) is 2.20. The number of aromatic nitrogens is 4. The molecule has 0 saturated carbocycles. The van der Waals surface area contributed by atoms with E-state index in [-0.39, 0.29) is 0 Å². The first-order valence-electron chi connectivity index (χ1n) is 6.12. The SMILES string of the molecule is CC(C)CN(c1cc(Cl)nc2ncnn12)C(C)C. The Hall–Kier alpha value is -1.36. The maximum atomic E-state index is 6.05. The standard InChI is InChI=1S/C12H18ClN5/c1-8(2)6-17(9(3)4)11-5-10(13)16-12-14-7-15-18(11)12/h5,7-9H,6H2,1-4H3. The molecule has 0 unspecified atom stereocenters. The maximum Gasteiger partial charge on any atom is 0.255 e. The van der Waals surface area contributed by atoms with Gasteiger partial charge >= 0.3 is 0 Å². The fourth-order valence-corrected chi connectivity index (χ4v) is 2.11. The van der Waals surface area contributed by atoms with E-state index in [4.69, 9.17) is 11.6 Å². The van der Waals surface area contributed by atoms with E-state index in [1.807, 2.05) is 6.07 Å². The third-order valence-electron chi connectivity index (χ3n) is 2.68. The van der Waals surface area contributed by atoms with Crippen molar-refractivity contribution in [1.82, 2.24) is 19.6 Å². The van der Waals surface area contributed by atoms with E-state index in [2.05, 4.69) is 47.7 Å². The zero-order chi connectivity index (χ0) is 13.3. The second-order valence-corrected chi connectivity index (χ2v) is 5.44.